The fraction of sp³-hybridized carbons (Fsp3) is 0.0909. The van der Waals surface area contributed by atoms with Crippen molar-refractivity contribution >= 4 is 0 Å². The highest BCUT2D eigenvalue weighted by molar-refractivity contribution is 5.56. The molecule has 0 bridgehead atoms. The molecule has 3 nitrogen and oxygen atoms in total. The van der Waals surface area contributed by atoms with Crippen molar-refractivity contribution in [3.8, 4) is 0 Å². The third-order valence-corrected chi connectivity index (χ3v) is 4.79. The maximum atomic E-state index is 13.5. The van der Waals surface area contributed by atoms with Crippen LogP contribution in [0.25, 0.3) is 0 Å². The van der Waals surface area contributed by atoms with E-state index in [4.69, 9.17) is 0 Å². The molecule has 1 N–H and O–H groups in total. The summed E-state index contributed by atoms with van der Waals surface area (Å²) in [6.07, 6.45) is -3.02. The Bertz CT molecular complexity index is 1000. The number of alkyl halides is 3. The molecule has 0 aliphatic heterocycles. The van der Waals surface area contributed by atoms with Crippen LogP contribution in [0.3, 0.4) is 0 Å². The Morgan fingerprint density at radius 3 is 1.68 bits per heavy atom. The second-order valence-corrected chi connectivity index (χ2v) is 6.38. The van der Waals surface area contributed by atoms with Gasteiger partial charge in [0.05, 0.1) is 5.56 Å². The van der Waals surface area contributed by atoms with E-state index in [-0.39, 0.29) is 0 Å². The molecule has 3 aromatic carbocycles. The van der Waals surface area contributed by atoms with Crippen LogP contribution in [0.15, 0.2) is 91.3 Å². The van der Waals surface area contributed by atoms with Crippen LogP contribution >= 0.6 is 0 Å². The molecule has 4 aromatic rings. The van der Waals surface area contributed by atoms with E-state index in [0.717, 1.165) is 17.2 Å². The van der Waals surface area contributed by atoms with Gasteiger partial charge in [0.15, 0.2) is 5.82 Å². The Hall–Kier alpha value is -3.41. The zero-order valence-corrected chi connectivity index (χ0v) is 14.7. The Labute approximate surface area is 159 Å². The molecule has 0 saturated carbocycles. The summed E-state index contributed by atoms with van der Waals surface area (Å²) in [7, 11) is 0. The van der Waals surface area contributed by atoms with E-state index in [9.17, 15) is 13.2 Å². The van der Waals surface area contributed by atoms with Crippen molar-refractivity contribution in [1.82, 2.24) is 15.2 Å². The van der Waals surface area contributed by atoms with Gasteiger partial charge >= 0.3 is 6.18 Å². The van der Waals surface area contributed by atoms with E-state index in [1.165, 1.54) is 18.5 Å². The summed E-state index contributed by atoms with van der Waals surface area (Å²) in [5.41, 5.74) is 0.195. The van der Waals surface area contributed by atoms with Crippen molar-refractivity contribution in [3.05, 3.63) is 119 Å². The van der Waals surface area contributed by atoms with Crippen molar-refractivity contribution in [3.63, 3.8) is 0 Å². The lowest BCUT2D eigenvalue weighted by Crippen LogP contribution is -2.32. The number of halogens is 3. The summed E-state index contributed by atoms with van der Waals surface area (Å²) in [5, 5.41) is 7.00. The van der Waals surface area contributed by atoms with Crippen LogP contribution in [0.4, 0.5) is 13.2 Å². The third kappa shape index (κ3) is 2.97. The molecule has 1 heterocycles. The van der Waals surface area contributed by atoms with Gasteiger partial charge in [-0.15, -0.1) is 0 Å². The summed E-state index contributed by atoms with van der Waals surface area (Å²) in [6.45, 7) is 0. The first-order valence-corrected chi connectivity index (χ1v) is 8.68. The molecule has 1 aromatic heterocycles. The van der Waals surface area contributed by atoms with Gasteiger partial charge in [0.2, 0.25) is 0 Å². The Morgan fingerprint density at radius 1 is 0.643 bits per heavy atom. The Kier molecular flexibility index (Phi) is 4.47. The third-order valence-electron chi connectivity index (χ3n) is 4.79. The molecule has 0 aliphatic carbocycles. The predicted molar refractivity (Wildman–Crippen MR) is 99.7 cm³/mol. The lowest BCUT2D eigenvalue weighted by molar-refractivity contribution is -0.137. The van der Waals surface area contributed by atoms with E-state index in [0.29, 0.717) is 11.4 Å². The molecular formula is C22H16F3N3. The van der Waals surface area contributed by atoms with E-state index < -0.39 is 17.2 Å². The standard InChI is InChI=1S/C22H16F3N3/c23-22(24,25)19-13-7-12-18(14-19)21(20-26-15-27-28-20,16-8-3-1-4-9-16)17-10-5-2-6-11-17/h1-15H,(H,26,27,28). The van der Waals surface area contributed by atoms with Crippen molar-refractivity contribution in [2.45, 2.75) is 11.6 Å². The number of nitrogens with zero attached hydrogens (tertiary/aromatic N) is 2. The molecule has 4 rings (SSSR count). The number of aromatic amines is 1. The van der Waals surface area contributed by atoms with Gasteiger partial charge < -0.3 is 0 Å². The zero-order chi connectivity index (χ0) is 19.6. The normalized spacial score (nSPS) is 12.1. The molecule has 0 amide bonds. The van der Waals surface area contributed by atoms with Crippen LogP contribution in [0.1, 0.15) is 28.1 Å². The van der Waals surface area contributed by atoms with Crippen molar-refractivity contribution < 1.29 is 13.2 Å². The molecule has 0 fully saturated rings. The van der Waals surface area contributed by atoms with Crippen LogP contribution in [-0.4, -0.2) is 15.2 Å². The molecular weight excluding hydrogens is 363 g/mol. The van der Waals surface area contributed by atoms with Gasteiger partial charge in [-0.05, 0) is 22.8 Å². The number of rotatable bonds is 4. The number of hydrogen-bond donors (Lipinski definition) is 1. The zero-order valence-electron chi connectivity index (χ0n) is 14.7. The molecule has 0 saturated heterocycles. The number of hydrogen-bond acceptors (Lipinski definition) is 2. The highest BCUT2D eigenvalue weighted by Crippen LogP contribution is 2.44. The minimum absolute atomic E-state index is 0.379. The number of nitrogens with one attached hydrogen (secondary N) is 1. The summed E-state index contributed by atoms with van der Waals surface area (Å²) in [5.74, 6) is 0.379. The fourth-order valence-electron chi connectivity index (χ4n) is 3.58. The van der Waals surface area contributed by atoms with Crippen LogP contribution < -0.4 is 0 Å². The number of H-pyrrole nitrogens is 1. The molecule has 0 spiro atoms. The second kappa shape index (κ2) is 6.96. The maximum Gasteiger partial charge on any atom is 0.416 e. The average Bonchev–Trinajstić information content (AvgIpc) is 3.25. The Balaban J connectivity index is 2.10. The van der Waals surface area contributed by atoms with Crippen LogP contribution in [0.2, 0.25) is 0 Å². The first kappa shape index (κ1) is 18.0. The number of aromatic nitrogens is 3. The molecule has 0 radical (unpaired) electrons. The van der Waals surface area contributed by atoms with Crippen LogP contribution in [0, 0.1) is 0 Å². The first-order chi connectivity index (χ1) is 13.5. The molecule has 0 atom stereocenters. The molecule has 0 unspecified atom stereocenters. The van der Waals surface area contributed by atoms with Crippen LogP contribution in [0.5, 0.6) is 0 Å². The van der Waals surface area contributed by atoms with E-state index in [1.807, 2.05) is 60.7 Å². The highest BCUT2D eigenvalue weighted by Gasteiger charge is 2.43. The lowest BCUT2D eigenvalue weighted by Gasteiger charge is -2.33. The topological polar surface area (TPSA) is 41.6 Å². The number of benzene rings is 3. The monoisotopic (exact) mass is 379 g/mol. The maximum absolute atomic E-state index is 13.5. The summed E-state index contributed by atoms with van der Waals surface area (Å²) >= 11 is 0. The SMILES string of the molecule is FC(F)(F)c1cccc(C(c2ccccc2)(c2ccccc2)c2nc[nH]n2)c1. The van der Waals surface area contributed by atoms with E-state index >= 15 is 0 Å². The van der Waals surface area contributed by atoms with E-state index in [1.54, 1.807) is 6.07 Å². The Morgan fingerprint density at radius 2 is 1.18 bits per heavy atom. The van der Waals surface area contributed by atoms with Gasteiger partial charge in [0, 0.05) is 0 Å². The van der Waals surface area contributed by atoms with Gasteiger partial charge in [0.1, 0.15) is 11.7 Å². The second-order valence-electron chi connectivity index (χ2n) is 6.38. The van der Waals surface area contributed by atoms with Crippen LogP contribution in [-0.2, 0) is 11.6 Å². The fourth-order valence-corrected chi connectivity index (χ4v) is 3.58. The first-order valence-electron chi connectivity index (χ1n) is 8.68. The molecule has 6 heteroatoms. The van der Waals surface area contributed by atoms with Gasteiger partial charge in [-0.3, -0.25) is 5.10 Å². The molecule has 0 aliphatic rings. The van der Waals surface area contributed by atoms with Gasteiger partial charge in [-0.25, -0.2) is 4.98 Å². The summed E-state index contributed by atoms with van der Waals surface area (Å²) in [6, 6.07) is 24.0. The van der Waals surface area contributed by atoms with E-state index in [2.05, 4.69) is 15.2 Å². The summed E-state index contributed by atoms with van der Waals surface area (Å²) in [4.78, 5) is 4.36. The highest BCUT2D eigenvalue weighted by atomic mass is 19.4. The molecule has 28 heavy (non-hydrogen) atoms. The summed E-state index contributed by atoms with van der Waals surface area (Å²) < 4.78 is 40.4. The minimum atomic E-state index is -4.45. The minimum Gasteiger partial charge on any atom is -0.266 e. The van der Waals surface area contributed by atoms with Gasteiger partial charge in [-0.1, -0.05) is 78.9 Å². The lowest BCUT2D eigenvalue weighted by atomic mass is 9.68. The van der Waals surface area contributed by atoms with Gasteiger partial charge in [-0.2, -0.15) is 18.3 Å². The quantitative estimate of drug-likeness (QED) is 0.495. The van der Waals surface area contributed by atoms with Crippen molar-refractivity contribution in [2.75, 3.05) is 0 Å². The van der Waals surface area contributed by atoms with Crippen molar-refractivity contribution in [1.29, 1.82) is 0 Å². The predicted octanol–water partition coefficient (Wildman–Crippen LogP) is 5.21. The molecule has 140 valence electrons. The van der Waals surface area contributed by atoms with Gasteiger partial charge in [0.25, 0.3) is 0 Å². The van der Waals surface area contributed by atoms with Crippen molar-refractivity contribution in [2.24, 2.45) is 0 Å². The smallest absolute Gasteiger partial charge is 0.266 e. The largest absolute Gasteiger partial charge is 0.416 e. The average molecular weight is 379 g/mol.